The van der Waals surface area contributed by atoms with Crippen molar-refractivity contribution >= 4 is 46.4 Å². The van der Waals surface area contributed by atoms with Crippen LogP contribution in [0.25, 0.3) is 28.6 Å². The van der Waals surface area contributed by atoms with Gasteiger partial charge in [-0.05, 0) is 19.1 Å². The molecule has 0 fully saturated rings. The highest BCUT2D eigenvalue weighted by atomic mass is 35.5. The maximum absolute atomic E-state index is 13.0. The molecule has 14 heteroatoms. The van der Waals surface area contributed by atoms with Gasteiger partial charge in [-0.25, -0.2) is 9.78 Å². The second-order valence-electron chi connectivity index (χ2n) is 6.72. The number of nitrogens with zero attached hydrogens (tertiary/aromatic N) is 4. The molecule has 0 aliphatic rings. The van der Waals surface area contributed by atoms with Crippen molar-refractivity contribution in [3.8, 4) is 28.7 Å². The van der Waals surface area contributed by atoms with Crippen LogP contribution in [0.1, 0.15) is 12.5 Å². The molecule has 0 saturated heterocycles. The molecular formula is C19H10Cl3F3N4O4. The van der Waals surface area contributed by atoms with E-state index in [0.29, 0.717) is 0 Å². The summed E-state index contributed by atoms with van der Waals surface area (Å²) in [5, 5.41) is 12.7. The van der Waals surface area contributed by atoms with Gasteiger partial charge in [0.2, 0.25) is 5.82 Å². The molecule has 1 atom stereocenters. The van der Waals surface area contributed by atoms with E-state index in [-0.39, 0.29) is 49.4 Å². The van der Waals surface area contributed by atoms with Gasteiger partial charge >= 0.3 is 12.1 Å². The third-order valence-electron chi connectivity index (χ3n) is 4.39. The Labute approximate surface area is 197 Å². The van der Waals surface area contributed by atoms with Gasteiger partial charge < -0.3 is 18.8 Å². The van der Waals surface area contributed by atoms with Gasteiger partial charge in [0.05, 0.1) is 20.6 Å². The third-order valence-corrected chi connectivity index (χ3v) is 5.28. The molecule has 3 aromatic heterocycles. The minimum atomic E-state index is -4.59. The molecule has 1 unspecified atom stereocenters. The summed E-state index contributed by atoms with van der Waals surface area (Å²) in [5.74, 6) is -1.25. The Morgan fingerprint density at radius 3 is 2.52 bits per heavy atom. The summed E-state index contributed by atoms with van der Waals surface area (Å²) in [6.07, 6.45) is -3.66. The van der Waals surface area contributed by atoms with E-state index >= 15 is 0 Å². The molecule has 172 valence electrons. The predicted molar refractivity (Wildman–Crippen MR) is 112 cm³/mol. The molecule has 4 aromatic rings. The number of aromatic nitrogens is 4. The number of carboxylic acids is 1. The van der Waals surface area contributed by atoms with Crippen molar-refractivity contribution in [3.63, 3.8) is 0 Å². The fourth-order valence-electron chi connectivity index (χ4n) is 2.78. The zero-order valence-corrected chi connectivity index (χ0v) is 18.5. The second-order valence-corrected chi connectivity index (χ2v) is 7.94. The lowest BCUT2D eigenvalue weighted by Crippen LogP contribution is -2.23. The van der Waals surface area contributed by atoms with Crippen LogP contribution in [0, 0.1) is 0 Å². The number of pyridine rings is 1. The summed E-state index contributed by atoms with van der Waals surface area (Å²) in [4.78, 5) is 19.3. The van der Waals surface area contributed by atoms with Crippen molar-refractivity contribution in [2.45, 2.75) is 19.2 Å². The van der Waals surface area contributed by atoms with Gasteiger partial charge in [-0.1, -0.05) is 40.0 Å². The number of hydrogen-bond donors (Lipinski definition) is 1. The Bertz CT molecular complexity index is 1390. The zero-order valence-electron chi connectivity index (χ0n) is 16.2. The number of benzene rings is 1. The second kappa shape index (κ2) is 8.40. The SMILES string of the molecule is CC(Oc1cc(Cl)c(-c2noc(-c3cn4cc(C(F)(F)F)cc(Cl)c4n3)n2)cc1Cl)C(=O)O. The highest BCUT2D eigenvalue weighted by Gasteiger charge is 2.32. The average Bonchev–Trinajstić information content (AvgIpc) is 3.37. The van der Waals surface area contributed by atoms with Crippen LogP contribution in [0.3, 0.4) is 0 Å². The van der Waals surface area contributed by atoms with Gasteiger partial charge in [-0.3, -0.25) is 0 Å². The molecule has 3 heterocycles. The van der Waals surface area contributed by atoms with Gasteiger partial charge in [0.15, 0.2) is 11.8 Å². The van der Waals surface area contributed by atoms with E-state index < -0.39 is 23.8 Å². The maximum atomic E-state index is 13.0. The lowest BCUT2D eigenvalue weighted by Gasteiger charge is -2.13. The van der Waals surface area contributed by atoms with Crippen molar-refractivity contribution in [3.05, 3.63) is 51.2 Å². The summed E-state index contributed by atoms with van der Waals surface area (Å²) in [6.45, 7) is 1.32. The van der Waals surface area contributed by atoms with Gasteiger partial charge in [0.1, 0.15) is 11.4 Å². The highest BCUT2D eigenvalue weighted by Crippen LogP contribution is 2.37. The summed E-state index contributed by atoms with van der Waals surface area (Å²) >= 11 is 18.4. The summed E-state index contributed by atoms with van der Waals surface area (Å²) in [6, 6.07) is 3.43. The number of ether oxygens (including phenoxy) is 1. The molecule has 0 aliphatic heterocycles. The Balaban J connectivity index is 1.68. The third kappa shape index (κ3) is 4.56. The standard InChI is InChI=1S/C19H10Cl3F3N4O4/c1-7(18(30)31)32-14-4-10(20)9(3-11(14)21)15-27-17(33-28-15)13-6-29-5-8(19(23,24)25)2-12(22)16(29)26-13/h2-7H,1H3,(H,30,31). The van der Waals surface area contributed by atoms with Crippen LogP contribution in [0.2, 0.25) is 15.1 Å². The Morgan fingerprint density at radius 2 is 1.85 bits per heavy atom. The molecule has 0 spiro atoms. The predicted octanol–water partition coefficient (Wildman–Crippen LogP) is 5.88. The van der Waals surface area contributed by atoms with Crippen molar-refractivity contribution in [2.75, 3.05) is 0 Å². The number of imidazole rings is 1. The van der Waals surface area contributed by atoms with E-state index in [0.717, 1.165) is 16.7 Å². The number of halogens is 6. The molecule has 0 saturated carbocycles. The van der Waals surface area contributed by atoms with Crippen molar-refractivity contribution in [1.82, 2.24) is 19.5 Å². The Hall–Kier alpha value is -3.02. The molecule has 8 nitrogen and oxygen atoms in total. The zero-order chi connectivity index (χ0) is 24.1. The van der Waals surface area contributed by atoms with Crippen LogP contribution in [0.15, 0.2) is 35.1 Å². The van der Waals surface area contributed by atoms with Gasteiger partial charge in [0.25, 0.3) is 5.89 Å². The van der Waals surface area contributed by atoms with Crippen molar-refractivity contribution in [1.29, 1.82) is 0 Å². The van der Waals surface area contributed by atoms with Gasteiger partial charge in [-0.15, -0.1) is 0 Å². The van der Waals surface area contributed by atoms with Crippen molar-refractivity contribution in [2.24, 2.45) is 0 Å². The van der Waals surface area contributed by atoms with Crippen LogP contribution in [-0.2, 0) is 11.0 Å². The van der Waals surface area contributed by atoms with Crippen LogP contribution in [0.4, 0.5) is 13.2 Å². The maximum Gasteiger partial charge on any atom is 0.417 e. The molecule has 1 N–H and O–H groups in total. The largest absolute Gasteiger partial charge is 0.479 e. The average molecular weight is 522 g/mol. The van der Waals surface area contributed by atoms with Crippen LogP contribution < -0.4 is 4.74 Å². The summed E-state index contributed by atoms with van der Waals surface area (Å²) in [5.41, 5.74) is -0.564. The minimum Gasteiger partial charge on any atom is -0.479 e. The first-order valence-electron chi connectivity index (χ1n) is 8.92. The highest BCUT2D eigenvalue weighted by molar-refractivity contribution is 6.36. The first kappa shape index (κ1) is 23.1. The Morgan fingerprint density at radius 1 is 1.12 bits per heavy atom. The lowest BCUT2D eigenvalue weighted by molar-refractivity contribution is -0.144. The molecule has 0 aliphatic carbocycles. The first-order chi connectivity index (χ1) is 15.4. The minimum absolute atomic E-state index is 0.00821. The molecule has 1 aromatic carbocycles. The number of carbonyl (C=O) groups is 1. The number of rotatable bonds is 5. The number of hydrogen-bond acceptors (Lipinski definition) is 6. The number of alkyl halides is 3. The van der Waals surface area contributed by atoms with Crippen LogP contribution in [0.5, 0.6) is 5.75 Å². The van der Waals surface area contributed by atoms with Crippen LogP contribution >= 0.6 is 34.8 Å². The van der Waals surface area contributed by atoms with Crippen molar-refractivity contribution < 1.29 is 32.3 Å². The van der Waals surface area contributed by atoms with E-state index in [2.05, 4.69) is 15.1 Å². The number of fused-ring (bicyclic) bond motifs is 1. The quantitative estimate of drug-likeness (QED) is 0.350. The first-order valence-corrected chi connectivity index (χ1v) is 10.1. The van der Waals surface area contributed by atoms with E-state index in [9.17, 15) is 18.0 Å². The summed E-state index contributed by atoms with van der Waals surface area (Å²) in [7, 11) is 0. The monoisotopic (exact) mass is 520 g/mol. The summed E-state index contributed by atoms with van der Waals surface area (Å²) < 4.78 is 50.6. The molecule has 0 amide bonds. The number of aliphatic carboxylic acids is 1. The van der Waals surface area contributed by atoms with Gasteiger partial charge in [-0.2, -0.15) is 18.2 Å². The normalized spacial score (nSPS) is 12.8. The topological polar surface area (TPSA) is 103 Å². The molecule has 33 heavy (non-hydrogen) atoms. The fraction of sp³-hybridized carbons (Fsp3) is 0.158. The Kier molecular flexibility index (Phi) is 5.89. The molecular weight excluding hydrogens is 512 g/mol. The van der Waals surface area contributed by atoms with Gasteiger partial charge in [0, 0.05) is 24.0 Å². The van der Waals surface area contributed by atoms with E-state index in [4.69, 9.17) is 49.2 Å². The molecule has 4 rings (SSSR count). The molecule has 0 radical (unpaired) electrons. The smallest absolute Gasteiger partial charge is 0.417 e. The van der Waals surface area contributed by atoms with E-state index in [1.165, 1.54) is 25.3 Å². The lowest BCUT2D eigenvalue weighted by atomic mass is 10.2. The van der Waals surface area contributed by atoms with E-state index in [1.807, 2.05) is 0 Å². The van der Waals surface area contributed by atoms with Crippen LogP contribution in [-0.4, -0.2) is 36.7 Å². The van der Waals surface area contributed by atoms with E-state index in [1.54, 1.807) is 0 Å². The fourth-order valence-corrected chi connectivity index (χ4v) is 3.49. The number of carboxylic acid groups (broad SMARTS) is 1. The molecule has 0 bridgehead atoms.